The third kappa shape index (κ3) is 6.13. The lowest BCUT2D eigenvalue weighted by Crippen LogP contribution is -2.28. The highest BCUT2D eigenvalue weighted by Gasteiger charge is 2.14. The van der Waals surface area contributed by atoms with E-state index in [2.05, 4.69) is 49.3 Å². The molecule has 1 saturated heterocycles. The average Bonchev–Trinajstić information content (AvgIpc) is 2.94. The summed E-state index contributed by atoms with van der Waals surface area (Å²) < 4.78 is 5.81. The predicted octanol–water partition coefficient (Wildman–Crippen LogP) is 3.83. The first-order valence-electron chi connectivity index (χ1n) is 7.70. The van der Waals surface area contributed by atoms with E-state index in [4.69, 9.17) is 4.74 Å². The average molecular weight is 286 g/mol. The van der Waals surface area contributed by atoms with E-state index in [-0.39, 0.29) is 5.41 Å². The van der Waals surface area contributed by atoms with Gasteiger partial charge in [-0.2, -0.15) is 0 Å². The second-order valence-corrected chi connectivity index (χ2v) is 6.64. The Morgan fingerprint density at radius 1 is 1.33 bits per heavy atom. The summed E-state index contributed by atoms with van der Waals surface area (Å²) in [5, 5.41) is 3.43. The topological polar surface area (TPSA) is 34.1 Å². The molecule has 1 N–H and O–H groups in total. The van der Waals surface area contributed by atoms with Gasteiger partial charge >= 0.3 is 0 Å². The first-order valence-corrected chi connectivity index (χ1v) is 7.70. The Morgan fingerprint density at radius 2 is 2.19 bits per heavy atom. The fourth-order valence-corrected chi connectivity index (χ4v) is 2.21. The molecule has 0 saturated carbocycles. The molecule has 3 heteroatoms. The van der Waals surface area contributed by atoms with E-state index in [0.29, 0.717) is 6.04 Å². The number of hydrogen-bond acceptors (Lipinski definition) is 3. The Bertz CT molecular complexity index is 494. The Labute approximate surface area is 128 Å². The lowest BCUT2D eigenvalue weighted by molar-refractivity contribution is 0.276. The van der Waals surface area contributed by atoms with Crippen molar-refractivity contribution in [3.63, 3.8) is 0 Å². The summed E-state index contributed by atoms with van der Waals surface area (Å²) in [6, 6.07) is 2.52. The van der Waals surface area contributed by atoms with E-state index < -0.39 is 0 Å². The predicted molar refractivity (Wildman–Crippen MR) is 88.4 cm³/mol. The molecular weight excluding hydrogens is 260 g/mol. The van der Waals surface area contributed by atoms with Gasteiger partial charge < -0.3 is 10.1 Å². The molecule has 2 heterocycles. The zero-order valence-electron chi connectivity index (χ0n) is 13.3. The summed E-state index contributed by atoms with van der Waals surface area (Å²) in [5.41, 5.74) is 1.27. The van der Waals surface area contributed by atoms with Gasteiger partial charge in [0.15, 0.2) is 0 Å². The number of hydrogen-bond donors (Lipinski definition) is 1. The van der Waals surface area contributed by atoms with Crippen LogP contribution in [0.15, 0.2) is 36.7 Å². The molecule has 0 aliphatic carbocycles. The molecule has 0 unspecified atom stereocenters. The molecular formula is C18H26N2O. The number of rotatable bonds is 5. The normalized spacial score (nSPS) is 19.7. The maximum Gasteiger partial charge on any atom is 0.138 e. The third-order valence-electron chi connectivity index (χ3n) is 3.34. The second kappa shape index (κ2) is 7.41. The highest BCUT2D eigenvalue weighted by atomic mass is 16.5. The van der Waals surface area contributed by atoms with Crippen LogP contribution < -0.4 is 10.1 Å². The fourth-order valence-electron chi connectivity index (χ4n) is 2.21. The SMILES string of the molecule is CC(C)(C)/C=C/C=C/c1cncc(OC[C@H]2CCCN2)c1. The first kappa shape index (κ1) is 15.8. The van der Waals surface area contributed by atoms with E-state index in [9.17, 15) is 0 Å². The molecule has 0 spiro atoms. The molecule has 2 rings (SSSR count). The summed E-state index contributed by atoms with van der Waals surface area (Å²) in [7, 11) is 0. The summed E-state index contributed by atoms with van der Waals surface area (Å²) in [5.74, 6) is 0.839. The maximum atomic E-state index is 5.81. The second-order valence-electron chi connectivity index (χ2n) is 6.64. The Hall–Kier alpha value is -1.61. The van der Waals surface area contributed by atoms with Crippen molar-refractivity contribution in [2.24, 2.45) is 5.41 Å². The van der Waals surface area contributed by atoms with Gasteiger partial charge in [0.2, 0.25) is 0 Å². The van der Waals surface area contributed by atoms with Crippen LogP contribution >= 0.6 is 0 Å². The molecule has 21 heavy (non-hydrogen) atoms. The highest BCUT2D eigenvalue weighted by molar-refractivity contribution is 5.51. The molecule has 3 nitrogen and oxygen atoms in total. The molecule has 1 aliphatic rings. The number of ether oxygens (including phenoxy) is 1. The lowest BCUT2D eigenvalue weighted by Gasteiger charge is -2.12. The van der Waals surface area contributed by atoms with Crippen LogP contribution in [0.2, 0.25) is 0 Å². The van der Waals surface area contributed by atoms with Crippen molar-refractivity contribution < 1.29 is 4.74 Å². The van der Waals surface area contributed by atoms with Gasteiger partial charge in [0, 0.05) is 12.2 Å². The minimum absolute atomic E-state index is 0.210. The van der Waals surface area contributed by atoms with Gasteiger partial charge in [-0.3, -0.25) is 4.98 Å². The minimum Gasteiger partial charge on any atom is -0.490 e. The van der Waals surface area contributed by atoms with Gasteiger partial charge in [-0.25, -0.2) is 0 Å². The number of pyridine rings is 1. The van der Waals surface area contributed by atoms with Gasteiger partial charge in [-0.15, -0.1) is 0 Å². The lowest BCUT2D eigenvalue weighted by atomic mass is 9.96. The van der Waals surface area contributed by atoms with Crippen molar-refractivity contribution in [3.05, 3.63) is 42.3 Å². The number of nitrogens with one attached hydrogen (secondary N) is 1. The van der Waals surface area contributed by atoms with E-state index in [1.54, 1.807) is 6.20 Å². The molecule has 1 fully saturated rings. The van der Waals surface area contributed by atoms with E-state index in [1.165, 1.54) is 12.8 Å². The zero-order chi connectivity index (χ0) is 15.1. The third-order valence-corrected chi connectivity index (χ3v) is 3.34. The first-order chi connectivity index (χ1) is 10.0. The molecule has 0 aromatic carbocycles. The summed E-state index contributed by atoms with van der Waals surface area (Å²) in [4.78, 5) is 4.24. The molecule has 114 valence electrons. The molecule has 1 aromatic heterocycles. The molecule has 0 radical (unpaired) electrons. The highest BCUT2D eigenvalue weighted by Crippen LogP contribution is 2.16. The van der Waals surface area contributed by atoms with Crippen LogP contribution in [-0.2, 0) is 0 Å². The van der Waals surface area contributed by atoms with Crippen molar-refractivity contribution >= 4 is 6.08 Å². The smallest absolute Gasteiger partial charge is 0.138 e. The van der Waals surface area contributed by atoms with Gasteiger partial charge in [-0.05, 0) is 36.4 Å². The fraction of sp³-hybridized carbons (Fsp3) is 0.500. The van der Waals surface area contributed by atoms with Crippen LogP contribution in [0.5, 0.6) is 5.75 Å². The van der Waals surface area contributed by atoms with Gasteiger partial charge in [0.1, 0.15) is 12.4 Å². The summed E-state index contributed by atoms with van der Waals surface area (Å²) in [6.07, 6.45) is 14.4. The van der Waals surface area contributed by atoms with Gasteiger partial charge in [0.25, 0.3) is 0 Å². The Morgan fingerprint density at radius 3 is 2.90 bits per heavy atom. The van der Waals surface area contributed by atoms with Crippen LogP contribution in [0.4, 0.5) is 0 Å². The zero-order valence-corrected chi connectivity index (χ0v) is 13.3. The monoisotopic (exact) mass is 286 g/mol. The van der Waals surface area contributed by atoms with E-state index in [0.717, 1.165) is 24.5 Å². The standard InChI is InChI=1S/C18H26N2O/c1-18(2,3)9-5-4-7-15-11-17(13-19-12-15)21-14-16-8-6-10-20-16/h4-5,7,9,11-13,16,20H,6,8,10,14H2,1-3H3/b7-4+,9-5+/t16-/m1/s1. The van der Waals surface area contributed by atoms with Crippen LogP contribution in [0.25, 0.3) is 6.08 Å². The Kier molecular flexibility index (Phi) is 5.57. The van der Waals surface area contributed by atoms with Crippen LogP contribution in [0.1, 0.15) is 39.2 Å². The van der Waals surface area contributed by atoms with Crippen LogP contribution in [0, 0.1) is 5.41 Å². The van der Waals surface area contributed by atoms with Crippen molar-refractivity contribution in [2.75, 3.05) is 13.2 Å². The summed E-state index contributed by atoms with van der Waals surface area (Å²) >= 11 is 0. The molecule has 1 atom stereocenters. The number of allylic oxidation sites excluding steroid dienone is 3. The number of aromatic nitrogens is 1. The van der Waals surface area contributed by atoms with E-state index >= 15 is 0 Å². The van der Waals surface area contributed by atoms with Crippen LogP contribution in [0.3, 0.4) is 0 Å². The van der Waals surface area contributed by atoms with Crippen molar-refractivity contribution in [3.8, 4) is 5.75 Å². The largest absolute Gasteiger partial charge is 0.490 e. The van der Waals surface area contributed by atoms with Crippen LogP contribution in [-0.4, -0.2) is 24.2 Å². The van der Waals surface area contributed by atoms with Crippen molar-refractivity contribution in [1.82, 2.24) is 10.3 Å². The molecule has 0 amide bonds. The minimum atomic E-state index is 0.210. The van der Waals surface area contributed by atoms with Gasteiger partial charge in [0.05, 0.1) is 6.20 Å². The van der Waals surface area contributed by atoms with Gasteiger partial charge in [-0.1, -0.05) is 45.1 Å². The quantitative estimate of drug-likeness (QED) is 0.835. The molecule has 1 aliphatic heterocycles. The number of nitrogens with zero attached hydrogens (tertiary/aromatic N) is 1. The molecule has 0 bridgehead atoms. The maximum absolute atomic E-state index is 5.81. The Balaban J connectivity index is 1.88. The van der Waals surface area contributed by atoms with Crippen molar-refractivity contribution in [2.45, 2.75) is 39.7 Å². The van der Waals surface area contributed by atoms with E-state index in [1.807, 2.05) is 18.3 Å². The molecule has 1 aromatic rings. The summed E-state index contributed by atoms with van der Waals surface area (Å²) in [6.45, 7) is 8.38. The van der Waals surface area contributed by atoms with Crippen molar-refractivity contribution in [1.29, 1.82) is 0 Å².